The Hall–Kier alpha value is -2.11. The van der Waals surface area contributed by atoms with Crippen molar-refractivity contribution < 1.29 is 9.59 Å². The maximum absolute atomic E-state index is 11.6. The lowest BCUT2D eigenvalue weighted by molar-refractivity contribution is -0.118. The molecule has 1 rings (SSSR count). The summed E-state index contributed by atoms with van der Waals surface area (Å²) in [6.45, 7) is 3.80. The van der Waals surface area contributed by atoms with Crippen molar-refractivity contribution in [3.63, 3.8) is 0 Å². The van der Waals surface area contributed by atoms with Crippen LogP contribution in [0.25, 0.3) is 0 Å². The van der Waals surface area contributed by atoms with Gasteiger partial charge in [-0.2, -0.15) is 0 Å². The van der Waals surface area contributed by atoms with Crippen LogP contribution in [0.15, 0.2) is 16.9 Å². The second-order valence-corrected chi connectivity index (χ2v) is 3.66. The maximum atomic E-state index is 11.6. The van der Waals surface area contributed by atoms with Crippen LogP contribution in [0.3, 0.4) is 0 Å². The van der Waals surface area contributed by atoms with Crippen molar-refractivity contribution in [2.24, 2.45) is 0 Å². The van der Waals surface area contributed by atoms with Gasteiger partial charge < -0.3 is 15.6 Å². The van der Waals surface area contributed by atoms with Crippen LogP contribution in [0, 0.1) is 6.92 Å². The lowest BCUT2D eigenvalue weighted by Crippen LogP contribution is -2.34. The summed E-state index contributed by atoms with van der Waals surface area (Å²) in [5, 5.41) is 5.16. The normalized spacial score (nSPS) is 9.76. The minimum Gasteiger partial charge on any atom is -0.355 e. The van der Waals surface area contributed by atoms with Crippen molar-refractivity contribution >= 4 is 11.8 Å². The molecule has 0 unspecified atom stereocenters. The zero-order chi connectivity index (χ0) is 12.8. The number of aromatic amines is 1. The topological polar surface area (TPSA) is 91.1 Å². The van der Waals surface area contributed by atoms with Crippen LogP contribution < -0.4 is 16.2 Å². The van der Waals surface area contributed by atoms with Gasteiger partial charge in [0.15, 0.2) is 0 Å². The molecule has 0 spiro atoms. The number of aromatic nitrogens is 1. The zero-order valence-electron chi connectivity index (χ0n) is 9.79. The van der Waals surface area contributed by atoms with E-state index in [0.29, 0.717) is 24.3 Å². The third kappa shape index (κ3) is 4.50. The number of hydrogen-bond acceptors (Lipinski definition) is 3. The number of amides is 2. The first-order chi connectivity index (χ1) is 7.99. The summed E-state index contributed by atoms with van der Waals surface area (Å²) in [5.41, 5.74) is 0.635. The van der Waals surface area contributed by atoms with Crippen molar-refractivity contribution in [1.82, 2.24) is 15.6 Å². The van der Waals surface area contributed by atoms with E-state index in [1.807, 2.05) is 0 Å². The Morgan fingerprint density at radius 3 is 2.47 bits per heavy atom. The van der Waals surface area contributed by atoms with Gasteiger partial charge in [-0.15, -0.1) is 0 Å². The largest absolute Gasteiger partial charge is 0.355 e. The molecular weight excluding hydrogens is 222 g/mol. The summed E-state index contributed by atoms with van der Waals surface area (Å²) in [4.78, 5) is 35.9. The fourth-order valence-electron chi connectivity index (χ4n) is 1.33. The van der Waals surface area contributed by atoms with Crippen molar-refractivity contribution in [2.45, 2.75) is 13.8 Å². The summed E-state index contributed by atoms with van der Waals surface area (Å²) < 4.78 is 0. The maximum Gasteiger partial charge on any atom is 0.251 e. The molecule has 0 saturated heterocycles. The van der Waals surface area contributed by atoms with Gasteiger partial charge in [0, 0.05) is 37.3 Å². The quantitative estimate of drug-likeness (QED) is 0.619. The molecule has 3 N–H and O–H groups in total. The highest BCUT2D eigenvalue weighted by atomic mass is 16.2. The summed E-state index contributed by atoms with van der Waals surface area (Å²) in [7, 11) is 0. The Morgan fingerprint density at radius 1 is 1.24 bits per heavy atom. The van der Waals surface area contributed by atoms with E-state index in [4.69, 9.17) is 0 Å². The number of carbonyl (C=O) groups is 2. The van der Waals surface area contributed by atoms with E-state index in [9.17, 15) is 14.4 Å². The smallest absolute Gasteiger partial charge is 0.251 e. The van der Waals surface area contributed by atoms with Crippen molar-refractivity contribution in [2.75, 3.05) is 13.1 Å². The van der Waals surface area contributed by atoms with Crippen molar-refractivity contribution in [3.05, 3.63) is 33.7 Å². The van der Waals surface area contributed by atoms with Crippen molar-refractivity contribution in [1.29, 1.82) is 0 Å². The van der Waals surface area contributed by atoms with E-state index in [2.05, 4.69) is 15.6 Å². The van der Waals surface area contributed by atoms with Gasteiger partial charge in [0.2, 0.25) is 11.5 Å². The van der Waals surface area contributed by atoms with Crippen LogP contribution in [-0.2, 0) is 4.79 Å². The summed E-state index contributed by atoms with van der Waals surface area (Å²) in [6.07, 6.45) is 0. The number of hydrogen-bond donors (Lipinski definition) is 3. The average Bonchev–Trinajstić information content (AvgIpc) is 2.22. The molecule has 0 fully saturated rings. The second kappa shape index (κ2) is 5.83. The van der Waals surface area contributed by atoms with E-state index in [1.54, 1.807) is 13.0 Å². The molecule has 0 bridgehead atoms. The van der Waals surface area contributed by atoms with Gasteiger partial charge >= 0.3 is 0 Å². The Labute approximate surface area is 98.4 Å². The number of pyridine rings is 1. The van der Waals surface area contributed by atoms with E-state index >= 15 is 0 Å². The van der Waals surface area contributed by atoms with E-state index in [1.165, 1.54) is 13.0 Å². The molecule has 2 amide bonds. The predicted molar refractivity (Wildman–Crippen MR) is 62.8 cm³/mol. The van der Waals surface area contributed by atoms with Crippen LogP contribution >= 0.6 is 0 Å². The minimum atomic E-state index is -0.329. The molecule has 0 aliphatic carbocycles. The molecule has 1 heterocycles. The van der Waals surface area contributed by atoms with Gasteiger partial charge in [-0.05, 0) is 13.0 Å². The second-order valence-electron chi connectivity index (χ2n) is 3.66. The van der Waals surface area contributed by atoms with Gasteiger partial charge in [-0.25, -0.2) is 0 Å². The van der Waals surface area contributed by atoms with Crippen LogP contribution in [0.5, 0.6) is 0 Å². The molecule has 1 aromatic heterocycles. The van der Waals surface area contributed by atoms with Gasteiger partial charge in [0.25, 0.3) is 5.91 Å². The fraction of sp³-hybridized carbons (Fsp3) is 0.364. The van der Waals surface area contributed by atoms with Gasteiger partial charge in [-0.1, -0.05) is 0 Å². The molecule has 6 nitrogen and oxygen atoms in total. The number of carbonyl (C=O) groups excluding carboxylic acids is 2. The Kier molecular flexibility index (Phi) is 4.45. The number of H-pyrrole nitrogens is 1. The molecule has 0 saturated carbocycles. The number of rotatable bonds is 4. The van der Waals surface area contributed by atoms with E-state index < -0.39 is 0 Å². The summed E-state index contributed by atoms with van der Waals surface area (Å²) in [5.74, 6) is -0.476. The Bertz CT molecular complexity index is 479. The Balaban J connectivity index is 2.52. The van der Waals surface area contributed by atoms with Crippen LogP contribution in [-0.4, -0.2) is 29.9 Å². The van der Waals surface area contributed by atoms with Gasteiger partial charge in [0.1, 0.15) is 0 Å². The Morgan fingerprint density at radius 2 is 1.88 bits per heavy atom. The SMILES string of the molecule is CC(=O)NCCNC(=O)c1cc(C)[nH]c(=O)c1. The molecule has 0 atom stereocenters. The molecule has 1 aromatic rings. The lowest BCUT2D eigenvalue weighted by atomic mass is 10.2. The molecule has 6 heteroatoms. The summed E-state index contributed by atoms with van der Waals surface area (Å²) in [6, 6.07) is 2.83. The first-order valence-corrected chi connectivity index (χ1v) is 5.22. The van der Waals surface area contributed by atoms with Crippen LogP contribution in [0.1, 0.15) is 23.0 Å². The summed E-state index contributed by atoms with van der Waals surface area (Å²) >= 11 is 0. The highest BCUT2D eigenvalue weighted by Crippen LogP contribution is 1.96. The molecular formula is C11H15N3O3. The minimum absolute atomic E-state index is 0.147. The molecule has 17 heavy (non-hydrogen) atoms. The first kappa shape index (κ1) is 13.0. The standard InChI is InChI=1S/C11H15N3O3/c1-7-5-9(6-10(16)14-7)11(17)13-4-3-12-8(2)15/h5-6H,3-4H2,1-2H3,(H,12,15)(H,13,17)(H,14,16). The van der Waals surface area contributed by atoms with Gasteiger partial charge in [-0.3, -0.25) is 14.4 Å². The monoisotopic (exact) mass is 237 g/mol. The first-order valence-electron chi connectivity index (χ1n) is 5.22. The lowest BCUT2D eigenvalue weighted by Gasteiger charge is -2.05. The van der Waals surface area contributed by atoms with E-state index in [-0.39, 0.29) is 17.4 Å². The van der Waals surface area contributed by atoms with Crippen molar-refractivity contribution in [3.8, 4) is 0 Å². The van der Waals surface area contributed by atoms with Gasteiger partial charge in [0.05, 0.1) is 0 Å². The van der Waals surface area contributed by atoms with Crippen LogP contribution in [0.4, 0.5) is 0 Å². The predicted octanol–water partition coefficient (Wildman–Crippen LogP) is -0.451. The number of aryl methyl sites for hydroxylation is 1. The number of nitrogens with one attached hydrogen (secondary N) is 3. The molecule has 0 aliphatic rings. The average molecular weight is 237 g/mol. The highest BCUT2D eigenvalue weighted by molar-refractivity contribution is 5.94. The van der Waals surface area contributed by atoms with Crippen LogP contribution in [0.2, 0.25) is 0 Å². The highest BCUT2D eigenvalue weighted by Gasteiger charge is 2.06. The zero-order valence-corrected chi connectivity index (χ0v) is 9.79. The molecule has 0 radical (unpaired) electrons. The molecule has 0 aliphatic heterocycles. The third-order valence-corrected chi connectivity index (χ3v) is 2.03. The third-order valence-electron chi connectivity index (χ3n) is 2.03. The molecule has 92 valence electrons. The van der Waals surface area contributed by atoms with E-state index in [0.717, 1.165) is 0 Å². The fourth-order valence-corrected chi connectivity index (χ4v) is 1.33. The molecule has 0 aromatic carbocycles.